The molecule has 0 radical (unpaired) electrons. The number of esters is 1. The molecule has 5 nitrogen and oxygen atoms in total. The molecule has 0 spiro atoms. The van der Waals surface area contributed by atoms with Gasteiger partial charge in [-0.15, -0.1) is 0 Å². The molecule has 1 unspecified atom stereocenters. The number of carbonyl (C=O) groups excluding carboxylic acids is 1. The van der Waals surface area contributed by atoms with Crippen molar-refractivity contribution in [2.24, 2.45) is 0 Å². The van der Waals surface area contributed by atoms with Gasteiger partial charge in [-0.3, -0.25) is 4.79 Å². The summed E-state index contributed by atoms with van der Waals surface area (Å²) in [7, 11) is -4.35. The van der Waals surface area contributed by atoms with E-state index in [4.69, 9.17) is 0 Å². The SMILES string of the molecule is CCCCC(=O)OCC(C)S(=O)(=O)[O-].[Na+]. The van der Waals surface area contributed by atoms with Crippen LogP contribution in [0, 0.1) is 0 Å². The summed E-state index contributed by atoms with van der Waals surface area (Å²) in [6.45, 7) is 2.79. The van der Waals surface area contributed by atoms with Gasteiger partial charge < -0.3 is 9.29 Å². The first-order chi connectivity index (χ1) is 6.38. The molecule has 0 saturated carbocycles. The van der Waals surface area contributed by atoms with E-state index >= 15 is 0 Å². The van der Waals surface area contributed by atoms with Gasteiger partial charge in [0, 0.05) is 6.42 Å². The van der Waals surface area contributed by atoms with Crippen LogP contribution < -0.4 is 29.6 Å². The van der Waals surface area contributed by atoms with Crippen molar-refractivity contribution < 1.29 is 52.1 Å². The summed E-state index contributed by atoms with van der Waals surface area (Å²) in [6.07, 6.45) is 1.84. The van der Waals surface area contributed by atoms with Gasteiger partial charge in [0.1, 0.15) is 16.7 Å². The van der Waals surface area contributed by atoms with Crippen LogP contribution >= 0.6 is 0 Å². The standard InChI is InChI=1S/C8H16O5S.Na/c1-3-4-5-8(9)13-6-7(2)14(10,11)12;/h7H,3-6H2,1-2H3,(H,10,11,12);/q;+1/p-1. The topological polar surface area (TPSA) is 83.5 Å². The predicted octanol–water partition coefficient (Wildman–Crippen LogP) is -2.34. The Hall–Kier alpha value is 0.380. The first kappa shape index (κ1) is 17.8. The molecule has 0 amide bonds. The van der Waals surface area contributed by atoms with Crippen molar-refractivity contribution >= 4 is 16.1 Å². The number of ether oxygens (including phenoxy) is 1. The molecule has 0 aliphatic heterocycles. The predicted molar refractivity (Wildman–Crippen MR) is 49.6 cm³/mol. The average molecular weight is 246 g/mol. The second-order valence-electron chi connectivity index (χ2n) is 3.09. The van der Waals surface area contributed by atoms with Crippen LogP contribution in [0.2, 0.25) is 0 Å². The first-order valence-electron chi connectivity index (χ1n) is 4.48. The molecule has 0 aromatic rings. The Bertz CT molecular complexity index is 275. The van der Waals surface area contributed by atoms with Gasteiger partial charge in [-0.2, -0.15) is 0 Å². The summed E-state index contributed by atoms with van der Waals surface area (Å²) >= 11 is 0. The van der Waals surface area contributed by atoms with Gasteiger partial charge in [0.2, 0.25) is 0 Å². The Morgan fingerprint density at radius 1 is 1.47 bits per heavy atom. The molecule has 0 fully saturated rings. The minimum absolute atomic E-state index is 0. The van der Waals surface area contributed by atoms with Crippen molar-refractivity contribution in [3.05, 3.63) is 0 Å². The Balaban J connectivity index is 0. The van der Waals surface area contributed by atoms with E-state index in [1.165, 1.54) is 6.92 Å². The number of hydrogen-bond acceptors (Lipinski definition) is 5. The molecule has 0 aliphatic rings. The van der Waals surface area contributed by atoms with Gasteiger partial charge >= 0.3 is 35.5 Å². The number of unbranched alkanes of at least 4 members (excludes halogenated alkanes) is 1. The maximum atomic E-state index is 10.9. The summed E-state index contributed by atoms with van der Waals surface area (Å²) in [4.78, 5) is 10.9. The summed E-state index contributed by atoms with van der Waals surface area (Å²) < 4.78 is 35.8. The molecular formula is C8H15NaO5S. The van der Waals surface area contributed by atoms with Crippen molar-refractivity contribution in [2.45, 2.75) is 38.4 Å². The first-order valence-corrected chi connectivity index (χ1v) is 5.95. The van der Waals surface area contributed by atoms with E-state index in [-0.39, 0.29) is 42.6 Å². The van der Waals surface area contributed by atoms with E-state index in [0.717, 1.165) is 6.42 Å². The fourth-order valence-electron chi connectivity index (χ4n) is 0.687. The fourth-order valence-corrected chi connectivity index (χ4v) is 0.922. The third-order valence-corrected chi connectivity index (χ3v) is 2.83. The van der Waals surface area contributed by atoms with Gasteiger partial charge in [-0.1, -0.05) is 13.3 Å². The molecule has 0 bridgehead atoms. The zero-order valence-corrected chi connectivity index (χ0v) is 12.2. The second-order valence-corrected chi connectivity index (χ2v) is 4.88. The zero-order chi connectivity index (χ0) is 11.2. The normalized spacial score (nSPS) is 12.7. The van der Waals surface area contributed by atoms with Gasteiger partial charge in [0.15, 0.2) is 0 Å². The number of rotatable bonds is 6. The molecular weight excluding hydrogens is 231 g/mol. The quantitative estimate of drug-likeness (QED) is 0.298. The van der Waals surface area contributed by atoms with E-state index in [2.05, 4.69) is 4.74 Å². The Labute approximate surface area is 113 Å². The van der Waals surface area contributed by atoms with Crippen molar-refractivity contribution in [2.75, 3.05) is 6.61 Å². The van der Waals surface area contributed by atoms with E-state index < -0.39 is 21.3 Å². The fraction of sp³-hybridized carbons (Fsp3) is 0.875. The molecule has 7 heteroatoms. The number of hydrogen-bond donors (Lipinski definition) is 0. The smallest absolute Gasteiger partial charge is 0.748 e. The van der Waals surface area contributed by atoms with E-state index in [1.807, 2.05) is 6.92 Å². The van der Waals surface area contributed by atoms with Crippen LogP contribution in [0.15, 0.2) is 0 Å². The van der Waals surface area contributed by atoms with Crippen LogP contribution in [0.4, 0.5) is 0 Å². The van der Waals surface area contributed by atoms with Crippen LogP contribution in [-0.4, -0.2) is 30.8 Å². The molecule has 0 heterocycles. The van der Waals surface area contributed by atoms with Crippen molar-refractivity contribution in [3.63, 3.8) is 0 Å². The van der Waals surface area contributed by atoms with E-state index in [9.17, 15) is 17.8 Å². The maximum absolute atomic E-state index is 10.9. The average Bonchev–Trinajstić information content (AvgIpc) is 2.09. The van der Waals surface area contributed by atoms with Gasteiger partial charge in [0.05, 0.1) is 5.25 Å². The maximum Gasteiger partial charge on any atom is 1.00 e. The molecule has 0 aromatic heterocycles. The van der Waals surface area contributed by atoms with Crippen molar-refractivity contribution in [1.82, 2.24) is 0 Å². The van der Waals surface area contributed by atoms with Crippen molar-refractivity contribution in [3.8, 4) is 0 Å². The Kier molecular flexibility index (Phi) is 10.1. The molecule has 0 aromatic carbocycles. The number of carbonyl (C=O) groups is 1. The summed E-state index contributed by atoms with van der Waals surface area (Å²) in [5, 5.41) is -1.17. The minimum Gasteiger partial charge on any atom is -0.748 e. The third kappa shape index (κ3) is 9.32. The van der Waals surface area contributed by atoms with Crippen LogP contribution in [0.1, 0.15) is 33.1 Å². The summed E-state index contributed by atoms with van der Waals surface area (Å²) in [5.41, 5.74) is 0. The van der Waals surface area contributed by atoms with Gasteiger partial charge in [-0.05, 0) is 13.3 Å². The molecule has 1 atom stereocenters. The van der Waals surface area contributed by atoms with Crippen molar-refractivity contribution in [1.29, 1.82) is 0 Å². The molecule has 0 N–H and O–H groups in total. The van der Waals surface area contributed by atoms with Crippen LogP contribution in [0.25, 0.3) is 0 Å². The van der Waals surface area contributed by atoms with Gasteiger partial charge in [0.25, 0.3) is 0 Å². The molecule has 0 rings (SSSR count). The van der Waals surface area contributed by atoms with E-state index in [1.54, 1.807) is 0 Å². The van der Waals surface area contributed by atoms with Crippen LogP contribution in [-0.2, 0) is 19.6 Å². The summed E-state index contributed by atoms with van der Waals surface area (Å²) in [5.74, 6) is -0.456. The van der Waals surface area contributed by atoms with Crippen LogP contribution in [0.3, 0.4) is 0 Å². The van der Waals surface area contributed by atoms with Crippen LogP contribution in [0.5, 0.6) is 0 Å². The molecule has 84 valence electrons. The molecule has 0 saturated heterocycles. The summed E-state index contributed by atoms with van der Waals surface area (Å²) in [6, 6.07) is 0. The third-order valence-electron chi connectivity index (χ3n) is 1.71. The Morgan fingerprint density at radius 2 is 2.00 bits per heavy atom. The molecule has 15 heavy (non-hydrogen) atoms. The largest absolute Gasteiger partial charge is 1.00 e. The van der Waals surface area contributed by atoms with Gasteiger partial charge in [-0.25, -0.2) is 8.42 Å². The molecule has 0 aliphatic carbocycles. The Morgan fingerprint density at radius 3 is 2.40 bits per heavy atom. The zero-order valence-electron chi connectivity index (χ0n) is 9.36. The monoisotopic (exact) mass is 246 g/mol. The van der Waals surface area contributed by atoms with E-state index in [0.29, 0.717) is 6.42 Å². The second kappa shape index (κ2) is 8.52. The minimum atomic E-state index is -4.35.